The van der Waals surface area contributed by atoms with Crippen LogP contribution in [0.15, 0.2) is 29.2 Å². The maximum absolute atomic E-state index is 8.62. The first-order valence-electron chi connectivity index (χ1n) is 3.36. The van der Waals surface area contributed by atoms with E-state index in [1.165, 1.54) is 0 Å². The van der Waals surface area contributed by atoms with Crippen molar-refractivity contribution < 1.29 is 0 Å². The molecule has 1 aromatic rings. The van der Waals surface area contributed by atoms with Crippen molar-refractivity contribution in [3.63, 3.8) is 0 Å². The van der Waals surface area contributed by atoms with Gasteiger partial charge in [0.25, 0.3) is 0 Å². The fourth-order valence-corrected chi connectivity index (χ4v) is 0.820. The Hall–Kier alpha value is -1.36. The zero-order valence-electron chi connectivity index (χ0n) is 6.28. The molecule has 0 atom stereocenters. The minimum atomic E-state index is 0.616. The van der Waals surface area contributed by atoms with Gasteiger partial charge in [0.15, 0.2) is 0 Å². The summed E-state index contributed by atoms with van der Waals surface area (Å²) in [5.41, 5.74) is 1.35. The van der Waals surface area contributed by atoms with Crippen LogP contribution in [0.2, 0.25) is 0 Å². The van der Waals surface area contributed by atoms with Crippen LogP contribution in [0, 0.1) is 11.3 Å². The molecule has 0 aromatic heterocycles. The van der Waals surface area contributed by atoms with Crippen molar-refractivity contribution in [3.8, 4) is 6.07 Å². The van der Waals surface area contributed by atoms with Gasteiger partial charge in [-0.3, -0.25) is 0 Å². The van der Waals surface area contributed by atoms with Gasteiger partial charge in [0.05, 0.1) is 0 Å². The van der Waals surface area contributed by atoms with Crippen molar-refractivity contribution in [2.24, 2.45) is 4.90 Å². The zero-order valence-corrected chi connectivity index (χ0v) is 6.28. The Balaban J connectivity index is 3.15. The standard InChI is InChI=1S/C7H6B2N2/c8-9-11-7-4-2-1-3-6(7)5-10/h1-4H,8H2. The van der Waals surface area contributed by atoms with E-state index >= 15 is 0 Å². The first kappa shape index (κ1) is 7.74. The van der Waals surface area contributed by atoms with Gasteiger partial charge < -0.3 is 0 Å². The summed E-state index contributed by atoms with van der Waals surface area (Å²) in [7, 11) is 1.83. The molecule has 4 heteroatoms. The molecule has 0 N–H and O–H groups in total. The minimum absolute atomic E-state index is 0.616. The molecule has 2 nitrogen and oxygen atoms in total. The van der Waals surface area contributed by atoms with Crippen molar-refractivity contribution in [1.29, 1.82) is 5.26 Å². The van der Waals surface area contributed by atoms with Gasteiger partial charge in [-0.05, 0) is 0 Å². The van der Waals surface area contributed by atoms with Crippen LogP contribution in [0.3, 0.4) is 0 Å². The number of benzene rings is 1. The Bertz CT molecular complexity index is 314. The fourth-order valence-electron chi connectivity index (χ4n) is 0.820. The first-order chi connectivity index (χ1) is 5.38. The second-order valence-electron chi connectivity index (χ2n) is 2.02. The van der Waals surface area contributed by atoms with Gasteiger partial charge in [-0.1, -0.05) is 0 Å². The summed E-state index contributed by atoms with van der Waals surface area (Å²) in [6.07, 6.45) is 0. The molecule has 1 aromatic carbocycles. The predicted octanol–water partition coefficient (Wildman–Crippen LogP) is 0.626. The van der Waals surface area contributed by atoms with E-state index in [-0.39, 0.29) is 0 Å². The molecule has 0 amide bonds. The van der Waals surface area contributed by atoms with Gasteiger partial charge in [-0.25, -0.2) is 0 Å². The number of nitrogens with zero attached hydrogens (tertiary/aromatic N) is 2. The molecule has 0 fully saturated rings. The van der Waals surface area contributed by atoms with E-state index in [1.54, 1.807) is 13.0 Å². The topological polar surface area (TPSA) is 36.1 Å². The predicted molar refractivity (Wildman–Crippen MR) is 47.5 cm³/mol. The molecular formula is C7H6B2N2. The van der Waals surface area contributed by atoms with Crippen molar-refractivity contribution >= 4 is 20.4 Å². The third-order valence-corrected chi connectivity index (χ3v) is 1.29. The second-order valence-corrected chi connectivity index (χ2v) is 2.02. The molecule has 0 bridgehead atoms. The van der Waals surface area contributed by atoms with E-state index in [9.17, 15) is 0 Å². The molecular weight excluding hydrogens is 134 g/mol. The van der Waals surface area contributed by atoms with E-state index < -0.39 is 0 Å². The molecule has 50 valence electrons. The number of nitriles is 1. The van der Waals surface area contributed by atoms with Crippen molar-refractivity contribution in [2.75, 3.05) is 0 Å². The van der Waals surface area contributed by atoms with Crippen LogP contribution in [-0.4, -0.2) is 14.7 Å². The molecule has 0 aliphatic carbocycles. The molecule has 0 saturated carbocycles. The van der Waals surface area contributed by atoms with Crippen molar-refractivity contribution in [2.45, 2.75) is 0 Å². The average Bonchev–Trinajstić information content (AvgIpc) is 2.06. The fraction of sp³-hybridized carbons (Fsp3) is 0. The third kappa shape index (κ3) is 1.78. The first-order valence-corrected chi connectivity index (χ1v) is 3.36. The maximum atomic E-state index is 8.62. The Kier molecular flexibility index (Phi) is 2.62. The number of hydrogen-bond donors (Lipinski definition) is 0. The van der Waals surface area contributed by atoms with Crippen LogP contribution >= 0.6 is 0 Å². The number of hydrogen-bond acceptors (Lipinski definition) is 2. The summed E-state index contributed by atoms with van der Waals surface area (Å²) in [6.45, 7) is 1.68. The normalized spacial score (nSPS) is 9.00. The van der Waals surface area contributed by atoms with Crippen molar-refractivity contribution in [1.82, 2.24) is 0 Å². The van der Waals surface area contributed by atoms with E-state index in [4.69, 9.17) is 5.26 Å². The zero-order chi connectivity index (χ0) is 8.10. The van der Waals surface area contributed by atoms with Crippen molar-refractivity contribution in [3.05, 3.63) is 29.8 Å². The molecule has 0 aliphatic rings. The molecule has 0 spiro atoms. The molecule has 11 heavy (non-hydrogen) atoms. The Morgan fingerprint density at radius 2 is 2.18 bits per heavy atom. The van der Waals surface area contributed by atoms with Crippen LogP contribution < -0.4 is 0 Å². The van der Waals surface area contributed by atoms with E-state index in [0.717, 1.165) is 5.69 Å². The summed E-state index contributed by atoms with van der Waals surface area (Å²) >= 11 is 0. The number of rotatable bonds is 1. The van der Waals surface area contributed by atoms with Gasteiger partial charge in [0.1, 0.15) is 0 Å². The molecule has 1 rings (SSSR count). The van der Waals surface area contributed by atoms with E-state index in [1.807, 2.05) is 25.9 Å². The molecule has 0 aliphatic heterocycles. The quantitative estimate of drug-likeness (QED) is 0.526. The summed E-state index contributed by atoms with van der Waals surface area (Å²) in [5, 5.41) is 8.62. The van der Waals surface area contributed by atoms with Crippen LogP contribution in [-0.2, 0) is 0 Å². The molecule has 0 unspecified atom stereocenters. The third-order valence-electron chi connectivity index (χ3n) is 1.29. The Labute approximate surface area is 67.2 Å². The van der Waals surface area contributed by atoms with Gasteiger partial charge in [-0.2, -0.15) is 0 Å². The van der Waals surface area contributed by atoms with Gasteiger partial charge in [0, 0.05) is 0 Å². The Morgan fingerprint density at radius 1 is 1.45 bits per heavy atom. The monoisotopic (exact) mass is 140 g/mol. The second kappa shape index (κ2) is 3.72. The SMILES string of the molecule is BB=Nc1ccccc1C#N. The van der Waals surface area contributed by atoms with Crippen LogP contribution in [0.1, 0.15) is 5.56 Å². The average molecular weight is 140 g/mol. The van der Waals surface area contributed by atoms with E-state index in [2.05, 4.69) is 11.0 Å². The van der Waals surface area contributed by atoms with Crippen LogP contribution in [0.5, 0.6) is 0 Å². The van der Waals surface area contributed by atoms with Gasteiger partial charge in [-0.15, -0.1) is 0 Å². The van der Waals surface area contributed by atoms with Crippen LogP contribution in [0.4, 0.5) is 5.69 Å². The summed E-state index contributed by atoms with van der Waals surface area (Å²) in [6, 6.07) is 9.33. The molecule has 0 saturated heterocycles. The van der Waals surface area contributed by atoms with Gasteiger partial charge >= 0.3 is 66.4 Å². The van der Waals surface area contributed by atoms with Crippen LogP contribution in [0.25, 0.3) is 0 Å². The Morgan fingerprint density at radius 3 is 2.82 bits per heavy atom. The molecule has 0 radical (unpaired) electrons. The van der Waals surface area contributed by atoms with E-state index in [0.29, 0.717) is 5.56 Å². The summed E-state index contributed by atoms with van der Waals surface area (Å²) in [4.78, 5) is 4.03. The summed E-state index contributed by atoms with van der Waals surface area (Å²) in [5.74, 6) is 0. The van der Waals surface area contributed by atoms with Gasteiger partial charge in [0.2, 0.25) is 0 Å². The molecule has 0 heterocycles. The summed E-state index contributed by atoms with van der Waals surface area (Å²) < 4.78 is 0.